The van der Waals surface area contributed by atoms with Gasteiger partial charge in [0.15, 0.2) is 11.6 Å². The molecule has 1 heterocycles. The van der Waals surface area contributed by atoms with Gasteiger partial charge in [-0.2, -0.15) is 0 Å². The smallest absolute Gasteiger partial charge is 0.321 e. The van der Waals surface area contributed by atoms with Crippen molar-refractivity contribution in [3.63, 3.8) is 0 Å². The summed E-state index contributed by atoms with van der Waals surface area (Å²) in [5.41, 5.74) is 2.20. The minimum Gasteiger partial charge on any atom is -0.494 e. The normalized spacial score (nSPS) is 10.7. The Labute approximate surface area is 174 Å². The Morgan fingerprint density at radius 3 is 2.53 bits per heavy atom. The van der Waals surface area contributed by atoms with Crippen molar-refractivity contribution < 1.29 is 18.7 Å². The van der Waals surface area contributed by atoms with Gasteiger partial charge in [-0.1, -0.05) is 6.07 Å². The van der Waals surface area contributed by atoms with Crippen molar-refractivity contribution >= 4 is 28.5 Å². The summed E-state index contributed by atoms with van der Waals surface area (Å²) in [6, 6.07) is 11.7. The highest BCUT2D eigenvalue weighted by Gasteiger charge is 2.13. The fourth-order valence-electron chi connectivity index (χ4n) is 3.08. The Hall–Kier alpha value is -3.55. The van der Waals surface area contributed by atoms with Gasteiger partial charge in [-0.05, 0) is 42.0 Å². The average Bonchev–Trinajstić information content (AvgIpc) is 3.10. The summed E-state index contributed by atoms with van der Waals surface area (Å²) in [7, 11) is 6.49. The van der Waals surface area contributed by atoms with E-state index in [4.69, 9.17) is 4.74 Å². The van der Waals surface area contributed by atoms with E-state index in [0.29, 0.717) is 11.3 Å². The number of ether oxygens (including phenoxy) is 1. The van der Waals surface area contributed by atoms with Crippen LogP contribution in [0.25, 0.3) is 10.9 Å². The number of carbonyl (C=O) groups is 2. The topological polar surface area (TPSA) is 66.8 Å². The highest BCUT2D eigenvalue weighted by molar-refractivity contribution is 5.93. The Balaban J connectivity index is 1.67. The summed E-state index contributed by atoms with van der Waals surface area (Å²) >= 11 is 0. The number of urea groups is 1. The van der Waals surface area contributed by atoms with Gasteiger partial charge in [0.1, 0.15) is 6.54 Å². The molecule has 3 aromatic rings. The first-order valence-electron chi connectivity index (χ1n) is 9.42. The van der Waals surface area contributed by atoms with Gasteiger partial charge in [0.25, 0.3) is 0 Å². The van der Waals surface area contributed by atoms with Crippen molar-refractivity contribution in [2.45, 2.75) is 13.1 Å². The van der Waals surface area contributed by atoms with Crippen LogP contribution < -0.4 is 10.1 Å². The largest absolute Gasteiger partial charge is 0.494 e. The molecule has 1 N–H and O–H groups in total. The summed E-state index contributed by atoms with van der Waals surface area (Å²) in [5, 5.41) is 3.76. The number of halogens is 1. The maximum atomic E-state index is 13.9. The monoisotopic (exact) mass is 412 g/mol. The molecule has 3 amide bonds. The second-order valence-corrected chi connectivity index (χ2v) is 7.26. The molecule has 8 heteroatoms. The van der Waals surface area contributed by atoms with Crippen LogP contribution in [-0.4, -0.2) is 54.6 Å². The van der Waals surface area contributed by atoms with E-state index in [1.165, 1.54) is 24.1 Å². The number of nitrogens with zero attached hydrogens (tertiary/aromatic N) is 3. The number of nitrogens with one attached hydrogen (secondary N) is 1. The zero-order valence-corrected chi connectivity index (χ0v) is 17.5. The van der Waals surface area contributed by atoms with E-state index in [2.05, 4.69) is 5.32 Å². The molecule has 0 aliphatic rings. The van der Waals surface area contributed by atoms with Crippen LogP contribution in [0.3, 0.4) is 0 Å². The molecule has 0 aliphatic carbocycles. The molecule has 158 valence electrons. The van der Waals surface area contributed by atoms with Crippen molar-refractivity contribution in [3.05, 3.63) is 60.0 Å². The third kappa shape index (κ3) is 4.71. The second-order valence-electron chi connectivity index (χ2n) is 7.26. The zero-order valence-electron chi connectivity index (χ0n) is 17.5. The van der Waals surface area contributed by atoms with Crippen LogP contribution in [0.5, 0.6) is 5.75 Å². The number of likely N-dealkylation sites (N-methyl/N-ethyl adjacent to an activating group) is 1. The number of methoxy groups -OCH3 is 1. The van der Waals surface area contributed by atoms with E-state index < -0.39 is 5.82 Å². The first kappa shape index (κ1) is 21.2. The molecule has 3 rings (SSSR count). The zero-order chi connectivity index (χ0) is 21.8. The third-order valence-corrected chi connectivity index (χ3v) is 4.81. The van der Waals surface area contributed by atoms with Gasteiger partial charge >= 0.3 is 6.03 Å². The number of benzene rings is 2. The van der Waals surface area contributed by atoms with E-state index in [9.17, 15) is 14.0 Å². The first-order valence-corrected chi connectivity index (χ1v) is 9.42. The number of hydrogen-bond donors (Lipinski definition) is 1. The molecule has 0 unspecified atom stereocenters. The second kappa shape index (κ2) is 8.86. The number of carbonyl (C=O) groups excluding carboxylic acids is 2. The number of amides is 3. The average molecular weight is 412 g/mol. The standard InChI is InChI=1S/C22H25FN4O3/c1-25(2)21(28)14-27-10-9-16-12-17(6-7-19(16)27)24-22(29)26(3)13-15-5-8-20(30-4)18(23)11-15/h5-12H,13-14H2,1-4H3,(H,24,29). The van der Waals surface area contributed by atoms with E-state index in [-0.39, 0.29) is 30.8 Å². The van der Waals surface area contributed by atoms with Crippen molar-refractivity contribution in [2.75, 3.05) is 33.6 Å². The Morgan fingerprint density at radius 1 is 1.10 bits per heavy atom. The summed E-state index contributed by atoms with van der Waals surface area (Å²) < 4.78 is 20.6. The molecular formula is C22H25FN4O3. The summed E-state index contributed by atoms with van der Waals surface area (Å²) in [6.07, 6.45) is 1.85. The van der Waals surface area contributed by atoms with E-state index >= 15 is 0 Å². The predicted molar refractivity (Wildman–Crippen MR) is 114 cm³/mol. The minimum atomic E-state index is -0.466. The van der Waals surface area contributed by atoms with Crippen molar-refractivity contribution in [2.24, 2.45) is 0 Å². The number of aromatic nitrogens is 1. The highest BCUT2D eigenvalue weighted by atomic mass is 19.1. The molecule has 1 aromatic heterocycles. The maximum absolute atomic E-state index is 13.9. The molecule has 0 radical (unpaired) electrons. The van der Waals surface area contributed by atoms with Crippen LogP contribution in [-0.2, 0) is 17.9 Å². The van der Waals surface area contributed by atoms with Crippen LogP contribution in [0.1, 0.15) is 5.56 Å². The lowest BCUT2D eigenvalue weighted by molar-refractivity contribution is -0.129. The molecule has 0 saturated heterocycles. The maximum Gasteiger partial charge on any atom is 0.321 e. The molecular weight excluding hydrogens is 387 g/mol. The van der Waals surface area contributed by atoms with Crippen LogP contribution in [0, 0.1) is 5.82 Å². The quantitative estimate of drug-likeness (QED) is 0.673. The molecule has 0 fully saturated rings. The molecule has 0 bridgehead atoms. The summed E-state index contributed by atoms with van der Waals surface area (Å²) in [4.78, 5) is 27.5. The molecule has 0 saturated carbocycles. The summed E-state index contributed by atoms with van der Waals surface area (Å²) in [5.74, 6) is -0.300. The van der Waals surface area contributed by atoms with Gasteiger partial charge in [-0.15, -0.1) is 0 Å². The Morgan fingerprint density at radius 2 is 1.87 bits per heavy atom. The van der Waals surface area contributed by atoms with Crippen molar-refractivity contribution in [3.8, 4) is 5.75 Å². The van der Waals surface area contributed by atoms with Gasteiger partial charge in [0, 0.05) is 50.5 Å². The van der Waals surface area contributed by atoms with Crippen molar-refractivity contribution in [1.82, 2.24) is 14.4 Å². The van der Waals surface area contributed by atoms with Crippen LogP contribution in [0.2, 0.25) is 0 Å². The number of fused-ring (bicyclic) bond motifs is 1. The molecule has 7 nitrogen and oxygen atoms in total. The third-order valence-electron chi connectivity index (χ3n) is 4.81. The fourth-order valence-corrected chi connectivity index (χ4v) is 3.08. The molecule has 0 spiro atoms. The Bertz CT molecular complexity index is 1080. The fraction of sp³-hybridized carbons (Fsp3) is 0.273. The van der Waals surface area contributed by atoms with Crippen LogP contribution in [0.15, 0.2) is 48.7 Å². The van der Waals surface area contributed by atoms with Crippen molar-refractivity contribution in [1.29, 1.82) is 0 Å². The molecule has 0 aliphatic heterocycles. The van der Waals surface area contributed by atoms with Gasteiger partial charge in [0.05, 0.1) is 7.11 Å². The van der Waals surface area contributed by atoms with E-state index in [0.717, 1.165) is 10.9 Å². The number of anilines is 1. The van der Waals surface area contributed by atoms with Gasteiger partial charge in [0.2, 0.25) is 5.91 Å². The Kier molecular flexibility index (Phi) is 6.25. The first-order chi connectivity index (χ1) is 14.3. The van der Waals surface area contributed by atoms with Gasteiger partial charge in [-0.3, -0.25) is 4.79 Å². The highest BCUT2D eigenvalue weighted by Crippen LogP contribution is 2.22. The molecule has 30 heavy (non-hydrogen) atoms. The minimum absolute atomic E-state index is 0.00136. The van der Waals surface area contributed by atoms with E-state index in [1.807, 2.05) is 29.0 Å². The summed E-state index contributed by atoms with van der Waals surface area (Å²) in [6.45, 7) is 0.501. The van der Waals surface area contributed by atoms with Crippen LogP contribution in [0.4, 0.5) is 14.9 Å². The van der Waals surface area contributed by atoms with Gasteiger partial charge in [-0.25, -0.2) is 9.18 Å². The lowest BCUT2D eigenvalue weighted by Crippen LogP contribution is -2.30. The lowest BCUT2D eigenvalue weighted by atomic mass is 10.2. The molecule has 0 atom stereocenters. The number of hydrogen-bond acceptors (Lipinski definition) is 3. The van der Waals surface area contributed by atoms with Gasteiger partial charge < -0.3 is 24.4 Å². The SMILES string of the molecule is COc1ccc(CN(C)C(=O)Nc2ccc3c(ccn3CC(=O)N(C)C)c2)cc1F. The molecule has 2 aromatic carbocycles. The number of rotatable bonds is 6. The predicted octanol–water partition coefficient (Wildman–Crippen LogP) is 3.54. The lowest BCUT2D eigenvalue weighted by Gasteiger charge is -2.18. The van der Waals surface area contributed by atoms with Crippen LogP contribution >= 0.6 is 0 Å². The van der Waals surface area contributed by atoms with E-state index in [1.54, 1.807) is 38.2 Å².